The number of amides is 4. The van der Waals surface area contributed by atoms with Crippen LogP contribution in [0.4, 0.5) is 19.3 Å². The van der Waals surface area contributed by atoms with Crippen LogP contribution in [-0.4, -0.2) is 113 Å². The van der Waals surface area contributed by atoms with Gasteiger partial charge in [-0.1, -0.05) is 17.7 Å². The van der Waals surface area contributed by atoms with Crippen LogP contribution in [0.3, 0.4) is 0 Å². The number of hydrogen-bond donors (Lipinski definition) is 2. The lowest BCUT2D eigenvalue weighted by atomic mass is 10.00. The van der Waals surface area contributed by atoms with Crippen LogP contribution in [0.25, 0.3) is 22.4 Å². The van der Waals surface area contributed by atoms with Crippen LogP contribution in [0.5, 0.6) is 0 Å². The van der Waals surface area contributed by atoms with E-state index < -0.39 is 41.4 Å². The summed E-state index contributed by atoms with van der Waals surface area (Å²) in [4.78, 5) is 61.6. The lowest BCUT2D eigenvalue weighted by molar-refractivity contribution is -0.137. The normalized spacial score (nSPS) is 16.9. The van der Waals surface area contributed by atoms with Gasteiger partial charge in [0.15, 0.2) is 17.5 Å². The average molecular weight is 834 g/mol. The highest BCUT2D eigenvalue weighted by molar-refractivity contribution is 6.34. The Hall–Kier alpha value is -5.86. The average Bonchev–Trinajstić information content (AvgIpc) is 3.85. The lowest BCUT2D eigenvalue weighted by Gasteiger charge is -2.37. The van der Waals surface area contributed by atoms with Crippen LogP contribution < -0.4 is 5.32 Å². The number of halogens is 3. The molecule has 0 radical (unpaired) electrons. The predicted octanol–water partition coefficient (Wildman–Crippen LogP) is 5.71. The van der Waals surface area contributed by atoms with Crippen molar-refractivity contribution in [1.29, 1.82) is 5.26 Å². The van der Waals surface area contributed by atoms with Crippen molar-refractivity contribution in [3.05, 3.63) is 76.0 Å². The predicted molar refractivity (Wildman–Crippen MR) is 213 cm³/mol. The molecule has 4 heterocycles. The van der Waals surface area contributed by atoms with E-state index >= 15 is 8.78 Å². The molecule has 312 valence electrons. The monoisotopic (exact) mass is 833 g/mol. The molecule has 4 aromatic rings. The summed E-state index contributed by atoms with van der Waals surface area (Å²) in [5.41, 5.74) is 1.38. The smallest absolute Gasteiger partial charge is 0.411 e. The maximum Gasteiger partial charge on any atom is 0.411 e. The van der Waals surface area contributed by atoms with E-state index in [1.54, 1.807) is 49.1 Å². The fourth-order valence-corrected chi connectivity index (χ4v) is 7.72. The van der Waals surface area contributed by atoms with Crippen LogP contribution in [0, 0.1) is 36.8 Å². The van der Waals surface area contributed by atoms with Gasteiger partial charge in [-0.05, 0) is 65.3 Å². The molecular formula is C41H46ClF2N9O6. The summed E-state index contributed by atoms with van der Waals surface area (Å²) in [5.74, 6) is -3.67. The Labute approximate surface area is 345 Å². The van der Waals surface area contributed by atoms with Gasteiger partial charge in [-0.25, -0.2) is 18.6 Å². The minimum Gasteiger partial charge on any atom is -0.444 e. The summed E-state index contributed by atoms with van der Waals surface area (Å²) in [5, 5.41) is 26.3. The summed E-state index contributed by atoms with van der Waals surface area (Å²) in [7, 11) is 1.50. The minimum atomic E-state index is -1.12. The van der Waals surface area contributed by atoms with Crippen molar-refractivity contribution >= 4 is 41.1 Å². The number of ether oxygens (including phenoxy) is 1. The number of nitrogens with one attached hydrogen (secondary N) is 1. The number of imidazole rings is 1. The van der Waals surface area contributed by atoms with E-state index in [0.717, 1.165) is 0 Å². The molecule has 2 aliphatic rings. The zero-order chi connectivity index (χ0) is 42.9. The molecule has 2 aromatic carbocycles. The second-order valence-corrected chi connectivity index (χ2v) is 16.1. The van der Waals surface area contributed by atoms with Gasteiger partial charge in [-0.3, -0.25) is 24.0 Å². The molecule has 0 spiro atoms. The summed E-state index contributed by atoms with van der Waals surface area (Å²) in [6.07, 6.45) is 0.738. The number of anilines is 1. The van der Waals surface area contributed by atoms with Crippen molar-refractivity contribution < 1.29 is 37.8 Å². The molecule has 1 unspecified atom stereocenters. The van der Waals surface area contributed by atoms with Crippen molar-refractivity contribution in [2.45, 2.75) is 78.2 Å². The number of aliphatic hydroxyl groups excluding tert-OH is 1. The quantitative estimate of drug-likeness (QED) is 0.200. The van der Waals surface area contributed by atoms with Crippen LogP contribution >= 0.6 is 11.6 Å². The first-order valence-electron chi connectivity index (χ1n) is 19.2. The molecule has 2 fully saturated rings. The molecular weight excluding hydrogens is 788 g/mol. The first-order valence-corrected chi connectivity index (χ1v) is 19.6. The number of likely N-dealkylation sites (tertiary alicyclic amines) is 1. The molecule has 6 rings (SSSR count). The van der Waals surface area contributed by atoms with Gasteiger partial charge in [0, 0.05) is 80.7 Å². The second-order valence-electron chi connectivity index (χ2n) is 15.6. The summed E-state index contributed by atoms with van der Waals surface area (Å²) in [6.45, 7) is 9.88. The Kier molecular flexibility index (Phi) is 12.4. The number of benzene rings is 2. The van der Waals surface area contributed by atoms with E-state index in [1.165, 1.54) is 53.0 Å². The van der Waals surface area contributed by atoms with E-state index in [1.807, 2.05) is 0 Å². The number of carbonyl (C=O) groups excluding carboxylic acids is 4. The van der Waals surface area contributed by atoms with Crippen LogP contribution in [0.15, 0.2) is 36.5 Å². The highest BCUT2D eigenvalue weighted by atomic mass is 35.5. The number of aliphatic hydroxyl groups is 1. The van der Waals surface area contributed by atoms with E-state index in [2.05, 4.69) is 21.5 Å². The largest absolute Gasteiger partial charge is 0.444 e. The zero-order valence-corrected chi connectivity index (χ0v) is 34.4. The van der Waals surface area contributed by atoms with E-state index in [0.29, 0.717) is 36.3 Å². The molecule has 0 bridgehead atoms. The number of hydrogen-bond acceptors (Lipinski definition) is 9. The Morgan fingerprint density at radius 3 is 2.36 bits per heavy atom. The number of β-amino-alcohol motifs (C(OH)–C–C–N with tert-alkyl or cyclic N) is 1. The van der Waals surface area contributed by atoms with Crippen molar-refractivity contribution in [3.63, 3.8) is 0 Å². The first-order chi connectivity index (χ1) is 27.9. The Balaban J connectivity index is 1.09. The SMILES string of the molecule is Cc1nn(CCCC#N)c(C)c1-c1ccc(-c2cnc(C(=O)Nc3ccc(C(=O)N4CCN(C(=O)[C@H]5CC(O)CN5C(=O)OC(C)(C)C)CC4)c(Cl)c3)n2C)c(F)c1F. The van der Waals surface area contributed by atoms with E-state index in [9.17, 15) is 24.3 Å². The van der Waals surface area contributed by atoms with Gasteiger partial charge in [0.05, 0.1) is 46.9 Å². The maximum atomic E-state index is 15.7. The number of carbonyl (C=O) groups is 4. The molecule has 15 nitrogen and oxygen atoms in total. The van der Waals surface area contributed by atoms with Gasteiger partial charge in [0.1, 0.15) is 11.6 Å². The highest BCUT2D eigenvalue weighted by Crippen LogP contribution is 2.35. The van der Waals surface area contributed by atoms with Gasteiger partial charge in [0.2, 0.25) is 5.91 Å². The summed E-state index contributed by atoms with van der Waals surface area (Å²) >= 11 is 6.55. The molecule has 0 saturated carbocycles. The fourth-order valence-electron chi connectivity index (χ4n) is 7.46. The number of aryl methyl sites for hydroxylation is 2. The van der Waals surface area contributed by atoms with Crippen LogP contribution in [0.1, 0.15) is 72.4 Å². The van der Waals surface area contributed by atoms with Crippen LogP contribution in [-0.2, 0) is 23.1 Å². The van der Waals surface area contributed by atoms with Gasteiger partial charge < -0.3 is 29.5 Å². The minimum absolute atomic E-state index is 0.0148. The fraction of sp³-hybridized carbons (Fsp3) is 0.439. The Bertz CT molecular complexity index is 2340. The molecule has 2 aromatic heterocycles. The van der Waals surface area contributed by atoms with E-state index in [4.69, 9.17) is 21.6 Å². The Morgan fingerprint density at radius 1 is 1.03 bits per heavy atom. The molecule has 0 aliphatic carbocycles. The molecule has 2 aliphatic heterocycles. The summed E-state index contributed by atoms with van der Waals surface area (Å²) in [6, 6.07) is 8.48. The topological polar surface area (TPSA) is 179 Å². The highest BCUT2D eigenvalue weighted by Gasteiger charge is 2.43. The summed E-state index contributed by atoms with van der Waals surface area (Å²) < 4.78 is 39.9. The number of rotatable bonds is 9. The van der Waals surface area contributed by atoms with Crippen LogP contribution in [0.2, 0.25) is 5.02 Å². The van der Waals surface area contributed by atoms with Crippen molar-refractivity contribution in [1.82, 2.24) is 34.0 Å². The third-order valence-corrected chi connectivity index (χ3v) is 10.7. The number of piperazine rings is 1. The second kappa shape index (κ2) is 17.2. The number of nitrogens with zero attached hydrogens (tertiary/aromatic N) is 8. The molecule has 2 N–H and O–H groups in total. The molecule has 2 atom stereocenters. The lowest BCUT2D eigenvalue weighted by Crippen LogP contribution is -2.55. The van der Waals surface area contributed by atoms with Crippen molar-refractivity contribution in [2.75, 3.05) is 38.0 Å². The number of nitriles is 1. The maximum absolute atomic E-state index is 15.7. The van der Waals surface area contributed by atoms with Gasteiger partial charge in [-0.2, -0.15) is 10.4 Å². The van der Waals surface area contributed by atoms with Gasteiger partial charge in [0.25, 0.3) is 11.8 Å². The molecule has 59 heavy (non-hydrogen) atoms. The molecule has 4 amide bonds. The van der Waals surface area contributed by atoms with Gasteiger partial charge in [-0.15, -0.1) is 0 Å². The standard InChI is InChI=1S/C41H46ClF2N9O6/c1-23-33(24(2)53(48-23)14-8-7-13-45)29-12-11-28(34(43)35(29)44)32-21-46-36(49(32)6)37(55)47-25-9-10-27(30(42)19-25)38(56)50-15-17-51(18-16-50)39(57)31-20-26(54)22-52(31)40(58)59-41(3,4)5/h9-12,19,21,26,31,54H,7-8,14-18,20,22H2,1-6H3,(H,47,55)/t26?,31-/m1/s1. The third kappa shape index (κ3) is 8.93. The van der Waals surface area contributed by atoms with Crippen molar-refractivity contribution in [3.8, 4) is 28.5 Å². The van der Waals surface area contributed by atoms with Gasteiger partial charge >= 0.3 is 6.09 Å². The Morgan fingerprint density at radius 2 is 1.69 bits per heavy atom. The number of aromatic nitrogens is 4. The molecule has 18 heteroatoms. The third-order valence-electron chi connectivity index (χ3n) is 10.4. The zero-order valence-electron chi connectivity index (χ0n) is 33.7. The molecule has 2 saturated heterocycles. The van der Waals surface area contributed by atoms with Crippen molar-refractivity contribution in [2.24, 2.45) is 7.05 Å². The number of unbranched alkanes of at least 4 members (excludes halogenated alkanes) is 1. The van der Waals surface area contributed by atoms with E-state index in [-0.39, 0.29) is 89.9 Å². The first kappa shape index (κ1) is 42.7.